The maximum absolute atomic E-state index is 7.22. The van der Waals surface area contributed by atoms with Crippen molar-refractivity contribution in [2.75, 3.05) is 4.90 Å². The standard InChI is InChI=1S/C37H24ClNO2S3/c1-22-9-2-6-15-34(22)44-37-27(11-8-14-33(37)42)39(23-17-18-31-32(19-23)41-30-13-5-4-12-29(30)40-31)28-21-36-25(20-26(28)38)24-10-3-7-16-35(24)43-36/h2-21,42H,1H3. The van der Waals surface area contributed by atoms with Crippen LogP contribution >= 0.6 is 47.3 Å². The van der Waals surface area contributed by atoms with Crippen LogP contribution in [0.1, 0.15) is 5.56 Å². The molecule has 0 saturated carbocycles. The fourth-order valence-corrected chi connectivity index (χ4v) is 8.28. The summed E-state index contributed by atoms with van der Waals surface area (Å²) in [6, 6.07) is 41.1. The number of benzene rings is 6. The average Bonchev–Trinajstić information content (AvgIpc) is 3.40. The maximum Gasteiger partial charge on any atom is 0.172 e. The van der Waals surface area contributed by atoms with Crippen molar-refractivity contribution < 1.29 is 9.47 Å². The third kappa shape index (κ3) is 4.79. The van der Waals surface area contributed by atoms with Crippen molar-refractivity contribution >= 4 is 84.6 Å². The third-order valence-electron chi connectivity index (χ3n) is 7.68. The summed E-state index contributed by atoms with van der Waals surface area (Å²) < 4.78 is 14.9. The molecule has 2 heterocycles. The number of hydrogen-bond acceptors (Lipinski definition) is 6. The number of nitrogens with zero attached hydrogens (tertiary/aromatic N) is 1. The highest BCUT2D eigenvalue weighted by atomic mass is 35.5. The number of halogens is 1. The Hall–Kier alpha value is -4.07. The zero-order chi connectivity index (χ0) is 29.8. The van der Waals surface area contributed by atoms with Gasteiger partial charge in [-0.1, -0.05) is 78.0 Å². The Morgan fingerprint density at radius 1 is 0.659 bits per heavy atom. The molecular formula is C37H24ClNO2S3. The fraction of sp³-hybridized carbons (Fsp3) is 0.0270. The molecule has 0 spiro atoms. The Morgan fingerprint density at radius 2 is 1.39 bits per heavy atom. The first-order valence-corrected chi connectivity index (χ1v) is 16.5. The Bertz CT molecular complexity index is 2230. The van der Waals surface area contributed by atoms with Gasteiger partial charge in [-0.05, 0) is 73.2 Å². The monoisotopic (exact) mass is 645 g/mol. The van der Waals surface area contributed by atoms with Gasteiger partial charge in [-0.25, -0.2) is 0 Å². The lowest BCUT2D eigenvalue weighted by Crippen LogP contribution is -2.12. The highest BCUT2D eigenvalue weighted by Crippen LogP contribution is 2.52. The lowest BCUT2D eigenvalue weighted by molar-refractivity contribution is 0.360. The molecule has 1 aromatic heterocycles. The van der Waals surface area contributed by atoms with Gasteiger partial charge in [0.15, 0.2) is 23.0 Å². The molecule has 0 unspecified atom stereocenters. The summed E-state index contributed by atoms with van der Waals surface area (Å²) in [4.78, 5) is 5.28. The normalized spacial score (nSPS) is 12.0. The molecule has 6 aromatic carbocycles. The van der Waals surface area contributed by atoms with Gasteiger partial charge in [-0.3, -0.25) is 0 Å². The number of rotatable bonds is 5. The molecule has 1 aliphatic heterocycles. The molecule has 0 fully saturated rings. The van der Waals surface area contributed by atoms with Gasteiger partial charge in [0.2, 0.25) is 0 Å². The first kappa shape index (κ1) is 27.5. The molecule has 0 N–H and O–H groups in total. The minimum absolute atomic E-state index is 0.639. The Kier molecular flexibility index (Phi) is 6.95. The first-order valence-electron chi connectivity index (χ1n) is 14.1. The lowest BCUT2D eigenvalue weighted by atomic mass is 10.1. The van der Waals surface area contributed by atoms with Crippen LogP contribution in [0.25, 0.3) is 20.2 Å². The minimum atomic E-state index is 0.639. The van der Waals surface area contributed by atoms with Gasteiger partial charge in [0, 0.05) is 40.9 Å². The molecule has 8 rings (SSSR count). The van der Waals surface area contributed by atoms with E-state index in [0.717, 1.165) is 36.9 Å². The summed E-state index contributed by atoms with van der Waals surface area (Å²) in [5.41, 5.74) is 3.92. The van der Waals surface area contributed by atoms with E-state index in [1.807, 2.05) is 48.5 Å². The predicted molar refractivity (Wildman–Crippen MR) is 188 cm³/mol. The predicted octanol–water partition coefficient (Wildman–Crippen LogP) is 12.8. The Morgan fingerprint density at radius 3 is 2.23 bits per heavy atom. The van der Waals surface area contributed by atoms with Crippen molar-refractivity contribution in [2.24, 2.45) is 0 Å². The van der Waals surface area contributed by atoms with Crippen molar-refractivity contribution in [2.45, 2.75) is 21.6 Å². The van der Waals surface area contributed by atoms with Gasteiger partial charge in [0.25, 0.3) is 0 Å². The molecular weight excluding hydrogens is 622 g/mol. The number of ether oxygens (including phenoxy) is 2. The molecule has 0 amide bonds. The van der Waals surface area contributed by atoms with Gasteiger partial charge in [-0.15, -0.1) is 24.0 Å². The number of anilines is 3. The molecule has 1 aliphatic rings. The summed E-state index contributed by atoms with van der Waals surface area (Å²) in [5.74, 6) is 2.68. The van der Waals surface area contributed by atoms with E-state index in [1.165, 1.54) is 20.5 Å². The molecule has 0 aliphatic carbocycles. The van der Waals surface area contributed by atoms with Crippen molar-refractivity contribution in [3.8, 4) is 23.0 Å². The second-order valence-electron chi connectivity index (χ2n) is 10.5. The van der Waals surface area contributed by atoms with Gasteiger partial charge in [0.1, 0.15) is 0 Å². The molecule has 0 radical (unpaired) electrons. The topological polar surface area (TPSA) is 21.7 Å². The molecule has 214 valence electrons. The van der Waals surface area contributed by atoms with E-state index >= 15 is 0 Å². The Labute approximate surface area is 274 Å². The number of para-hydroxylation sites is 2. The highest BCUT2D eigenvalue weighted by molar-refractivity contribution is 8.00. The summed E-state index contributed by atoms with van der Waals surface area (Å²) >= 11 is 15.7. The van der Waals surface area contributed by atoms with Crippen LogP contribution in [0.3, 0.4) is 0 Å². The van der Waals surface area contributed by atoms with E-state index in [2.05, 4.69) is 84.6 Å². The number of aryl methyl sites for hydroxylation is 1. The summed E-state index contributed by atoms with van der Waals surface area (Å²) in [5, 5.41) is 3.01. The van der Waals surface area contributed by atoms with Crippen LogP contribution in [0, 0.1) is 6.92 Å². The third-order valence-corrected chi connectivity index (χ3v) is 11.0. The number of thiophene rings is 1. The van der Waals surface area contributed by atoms with Crippen molar-refractivity contribution in [3.05, 3.63) is 132 Å². The van der Waals surface area contributed by atoms with E-state index < -0.39 is 0 Å². The zero-order valence-electron chi connectivity index (χ0n) is 23.5. The molecule has 0 bridgehead atoms. The average molecular weight is 646 g/mol. The molecule has 0 atom stereocenters. The van der Waals surface area contributed by atoms with Gasteiger partial charge in [0.05, 0.1) is 22.1 Å². The highest BCUT2D eigenvalue weighted by Gasteiger charge is 2.25. The molecule has 44 heavy (non-hydrogen) atoms. The van der Waals surface area contributed by atoms with Gasteiger partial charge < -0.3 is 14.4 Å². The molecule has 7 heteroatoms. The summed E-state index contributed by atoms with van der Waals surface area (Å²) in [7, 11) is 0. The summed E-state index contributed by atoms with van der Waals surface area (Å²) in [6.07, 6.45) is 0. The van der Waals surface area contributed by atoms with Crippen molar-refractivity contribution in [3.63, 3.8) is 0 Å². The van der Waals surface area contributed by atoms with Crippen LogP contribution < -0.4 is 14.4 Å². The van der Waals surface area contributed by atoms with Gasteiger partial charge in [-0.2, -0.15) is 0 Å². The molecule has 7 aromatic rings. The molecule has 0 saturated heterocycles. The van der Waals surface area contributed by atoms with E-state index in [1.54, 1.807) is 23.1 Å². The van der Waals surface area contributed by atoms with Crippen molar-refractivity contribution in [1.29, 1.82) is 0 Å². The number of thiol groups is 1. The second kappa shape index (κ2) is 11.1. The van der Waals surface area contributed by atoms with Gasteiger partial charge >= 0.3 is 0 Å². The van der Waals surface area contributed by atoms with Crippen LogP contribution in [0.4, 0.5) is 17.1 Å². The van der Waals surface area contributed by atoms with Crippen molar-refractivity contribution in [1.82, 2.24) is 0 Å². The largest absolute Gasteiger partial charge is 0.450 e. The van der Waals surface area contributed by atoms with Crippen LogP contribution in [-0.4, -0.2) is 0 Å². The fourth-order valence-electron chi connectivity index (χ4n) is 5.54. The lowest BCUT2D eigenvalue weighted by Gasteiger charge is -2.30. The minimum Gasteiger partial charge on any atom is -0.450 e. The quantitative estimate of drug-likeness (QED) is 0.188. The van der Waals surface area contributed by atoms with Crippen LogP contribution in [-0.2, 0) is 0 Å². The SMILES string of the molecule is Cc1ccccc1Sc1c(S)cccc1N(c1ccc2c(c1)Oc1ccccc1O2)c1cc2sc3ccccc3c2cc1Cl. The van der Waals surface area contributed by atoms with Crippen LogP contribution in [0.15, 0.2) is 136 Å². The number of fused-ring (bicyclic) bond motifs is 5. The van der Waals surface area contributed by atoms with E-state index in [-0.39, 0.29) is 0 Å². The maximum atomic E-state index is 7.22. The number of hydrogen-bond donors (Lipinski definition) is 1. The Balaban J connectivity index is 1.34. The van der Waals surface area contributed by atoms with E-state index in [0.29, 0.717) is 28.0 Å². The van der Waals surface area contributed by atoms with E-state index in [4.69, 9.17) is 33.7 Å². The zero-order valence-corrected chi connectivity index (χ0v) is 26.7. The first-order chi connectivity index (χ1) is 21.5. The smallest absolute Gasteiger partial charge is 0.172 e. The second-order valence-corrected chi connectivity index (χ2v) is 13.5. The van der Waals surface area contributed by atoms with Crippen LogP contribution in [0.2, 0.25) is 5.02 Å². The summed E-state index contributed by atoms with van der Waals surface area (Å²) in [6.45, 7) is 2.13. The molecule has 3 nitrogen and oxygen atoms in total. The van der Waals surface area contributed by atoms with E-state index in [9.17, 15) is 0 Å². The van der Waals surface area contributed by atoms with Crippen LogP contribution in [0.5, 0.6) is 23.0 Å².